The molecule has 64 valence electrons. The van der Waals surface area contributed by atoms with Crippen molar-refractivity contribution in [2.75, 3.05) is 0 Å². The summed E-state index contributed by atoms with van der Waals surface area (Å²) in [5.41, 5.74) is 2.52. The zero-order chi connectivity index (χ0) is 8.97. The van der Waals surface area contributed by atoms with E-state index in [9.17, 15) is 0 Å². The Morgan fingerprint density at radius 2 is 2.00 bits per heavy atom. The highest BCUT2D eigenvalue weighted by Crippen LogP contribution is 2.15. The summed E-state index contributed by atoms with van der Waals surface area (Å²) in [6.45, 7) is 4.19. The van der Waals surface area contributed by atoms with E-state index in [1.807, 2.05) is 18.2 Å². The quantitative estimate of drug-likeness (QED) is 0.607. The first kappa shape index (κ1) is 9.34. The van der Waals surface area contributed by atoms with Gasteiger partial charge in [0.1, 0.15) is 0 Å². The van der Waals surface area contributed by atoms with E-state index >= 15 is 0 Å². The topological polar surface area (TPSA) is 0 Å². The molecule has 0 saturated carbocycles. The van der Waals surface area contributed by atoms with Gasteiger partial charge in [-0.3, -0.25) is 0 Å². The van der Waals surface area contributed by atoms with Gasteiger partial charge in [0.2, 0.25) is 0 Å². The van der Waals surface area contributed by atoms with E-state index in [-0.39, 0.29) is 0 Å². The van der Waals surface area contributed by atoms with Crippen LogP contribution in [0.2, 0.25) is 5.02 Å². The predicted octanol–water partition coefficient (Wildman–Crippen LogP) is 3.85. The molecule has 0 aromatic heterocycles. The van der Waals surface area contributed by atoms with E-state index in [2.05, 4.69) is 26.0 Å². The lowest BCUT2D eigenvalue weighted by molar-refractivity contribution is 1.21. The maximum Gasteiger partial charge on any atom is 0.0441 e. The molecule has 0 heterocycles. The summed E-state index contributed by atoms with van der Waals surface area (Å²) in [6.07, 6.45) is 3.11. The van der Waals surface area contributed by atoms with Gasteiger partial charge >= 0.3 is 0 Å². The average Bonchev–Trinajstić information content (AvgIpc) is 2.03. The van der Waals surface area contributed by atoms with E-state index in [0.29, 0.717) is 0 Å². The van der Waals surface area contributed by atoms with Gasteiger partial charge in [-0.15, -0.1) is 0 Å². The Balaban J connectivity index is 2.76. The molecule has 0 amide bonds. The molecule has 0 aliphatic carbocycles. The summed E-state index contributed by atoms with van der Waals surface area (Å²) in [5, 5.41) is 0.856. The second-order valence-electron chi connectivity index (χ2n) is 3.08. The van der Waals surface area contributed by atoms with Crippen LogP contribution >= 0.6 is 11.6 Å². The van der Waals surface area contributed by atoms with Crippen molar-refractivity contribution in [2.24, 2.45) is 0 Å². The molecule has 0 nitrogen and oxygen atoms in total. The number of hydrogen-bond acceptors (Lipinski definition) is 0. The van der Waals surface area contributed by atoms with E-state index in [4.69, 9.17) is 11.6 Å². The van der Waals surface area contributed by atoms with Crippen LogP contribution in [0.4, 0.5) is 0 Å². The molecule has 0 fully saturated rings. The van der Waals surface area contributed by atoms with Gasteiger partial charge in [-0.25, -0.2) is 0 Å². The third-order valence-electron chi connectivity index (χ3n) is 1.69. The fourth-order valence-electron chi connectivity index (χ4n) is 0.978. The van der Waals surface area contributed by atoms with Crippen molar-refractivity contribution in [1.29, 1.82) is 0 Å². The second kappa shape index (κ2) is 4.32. The van der Waals surface area contributed by atoms with Crippen LogP contribution in [-0.2, 0) is 6.42 Å². The first-order chi connectivity index (χ1) is 5.70. The molecule has 0 saturated heterocycles. The smallest absolute Gasteiger partial charge is 0.0441 e. The van der Waals surface area contributed by atoms with E-state index in [1.165, 1.54) is 11.1 Å². The van der Waals surface area contributed by atoms with Crippen molar-refractivity contribution in [3.05, 3.63) is 46.5 Å². The maximum absolute atomic E-state index is 5.98. The Hall–Kier alpha value is -0.750. The van der Waals surface area contributed by atoms with Crippen molar-refractivity contribution in [2.45, 2.75) is 20.3 Å². The van der Waals surface area contributed by atoms with Gasteiger partial charge in [-0.05, 0) is 31.9 Å². The molecule has 0 N–H and O–H groups in total. The van der Waals surface area contributed by atoms with Crippen molar-refractivity contribution in [3.8, 4) is 0 Å². The number of halogens is 1. The lowest BCUT2D eigenvalue weighted by Crippen LogP contribution is -1.82. The summed E-state index contributed by atoms with van der Waals surface area (Å²) >= 11 is 5.98. The lowest BCUT2D eigenvalue weighted by atomic mass is 10.1. The fourth-order valence-corrected chi connectivity index (χ4v) is 1.19. The molecule has 1 aromatic carbocycles. The van der Waals surface area contributed by atoms with Crippen LogP contribution in [0.3, 0.4) is 0 Å². The van der Waals surface area contributed by atoms with Crippen molar-refractivity contribution >= 4 is 11.6 Å². The van der Waals surface area contributed by atoms with Gasteiger partial charge < -0.3 is 0 Å². The second-order valence-corrected chi connectivity index (χ2v) is 3.48. The molecule has 0 bridgehead atoms. The van der Waals surface area contributed by atoms with Crippen LogP contribution in [-0.4, -0.2) is 0 Å². The Labute approximate surface area is 78.9 Å². The van der Waals surface area contributed by atoms with Gasteiger partial charge in [0.05, 0.1) is 0 Å². The molecule has 0 radical (unpaired) electrons. The molecule has 0 spiro atoms. The third kappa shape index (κ3) is 2.71. The summed E-state index contributed by atoms with van der Waals surface area (Å²) < 4.78 is 0. The third-order valence-corrected chi connectivity index (χ3v) is 2.06. The maximum atomic E-state index is 5.98. The molecule has 1 heteroatoms. The summed E-state index contributed by atoms with van der Waals surface area (Å²) in [7, 11) is 0. The van der Waals surface area contributed by atoms with E-state index < -0.39 is 0 Å². The Morgan fingerprint density at radius 1 is 1.33 bits per heavy atom. The molecule has 0 aliphatic heterocycles. The molecule has 12 heavy (non-hydrogen) atoms. The normalized spacial score (nSPS) is 9.58. The fraction of sp³-hybridized carbons (Fsp3) is 0.273. The Morgan fingerprint density at radius 3 is 2.58 bits per heavy atom. The van der Waals surface area contributed by atoms with Gasteiger partial charge in [0.15, 0.2) is 0 Å². The molecule has 0 unspecified atom stereocenters. The van der Waals surface area contributed by atoms with Crippen LogP contribution in [0, 0.1) is 0 Å². The minimum absolute atomic E-state index is 0.856. The SMILES string of the molecule is CC(C)=CCc1ccccc1Cl. The first-order valence-electron chi connectivity index (χ1n) is 4.07. The summed E-state index contributed by atoms with van der Waals surface area (Å²) in [5.74, 6) is 0. The van der Waals surface area contributed by atoms with Crippen molar-refractivity contribution in [1.82, 2.24) is 0 Å². The molecular formula is C11H13Cl. The van der Waals surface area contributed by atoms with E-state index in [1.54, 1.807) is 0 Å². The Bertz CT molecular complexity index is 283. The highest BCUT2D eigenvalue weighted by molar-refractivity contribution is 6.31. The highest BCUT2D eigenvalue weighted by Gasteiger charge is 1.94. The lowest BCUT2D eigenvalue weighted by Gasteiger charge is -1.99. The number of rotatable bonds is 2. The number of hydrogen-bond donors (Lipinski definition) is 0. The summed E-state index contributed by atoms with van der Waals surface area (Å²) in [6, 6.07) is 7.95. The molecular weight excluding hydrogens is 168 g/mol. The van der Waals surface area contributed by atoms with Crippen LogP contribution in [0.25, 0.3) is 0 Å². The minimum atomic E-state index is 0.856. The zero-order valence-electron chi connectivity index (χ0n) is 7.47. The Kier molecular flexibility index (Phi) is 3.36. The van der Waals surface area contributed by atoms with Gasteiger partial charge in [0, 0.05) is 5.02 Å². The molecule has 0 aliphatic rings. The number of benzene rings is 1. The monoisotopic (exact) mass is 180 g/mol. The molecule has 1 aromatic rings. The average molecular weight is 181 g/mol. The van der Waals surface area contributed by atoms with Crippen molar-refractivity contribution in [3.63, 3.8) is 0 Å². The zero-order valence-corrected chi connectivity index (χ0v) is 8.23. The van der Waals surface area contributed by atoms with Crippen molar-refractivity contribution < 1.29 is 0 Å². The largest absolute Gasteiger partial charge is 0.0840 e. The first-order valence-corrected chi connectivity index (χ1v) is 4.44. The minimum Gasteiger partial charge on any atom is -0.0840 e. The number of allylic oxidation sites excluding steroid dienone is 2. The highest BCUT2D eigenvalue weighted by atomic mass is 35.5. The van der Waals surface area contributed by atoms with Gasteiger partial charge in [0.25, 0.3) is 0 Å². The van der Waals surface area contributed by atoms with Crippen LogP contribution in [0.1, 0.15) is 19.4 Å². The van der Waals surface area contributed by atoms with Gasteiger partial charge in [-0.1, -0.05) is 41.4 Å². The van der Waals surface area contributed by atoms with Crippen LogP contribution in [0.15, 0.2) is 35.9 Å². The van der Waals surface area contributed by atoms with E-state index in [0.717, 1.165) is 11.4 Å². The van der Waals surface area contributed by atoms with Gasteiger partial charge in [-0.2, -0.15) is 0 Å². The van der Waals surface area contributed by atoms with Crippen LogP contribution < -0.4 is 0 Å². The predicted molar refractivity (Wildman–Crippen MR) is 54.6 cm³/mol. The summed E-state index contributed by atoms with van der Waals surface area (Å²) in [4.78, 5) is 0. The standard InChI is InChI=1S/C11H13Cl/c1-9(2)7-8-10-5-3-4-6-11(10)12/h3-7H,8H2,1-2H3. The van der Waals surface area contributed by atoms with Crippen LogP contribution in [0.5, 0.6) is 0 Å². The molecule has 1 rings (SSSR count). The molecule has 0 atom stereocenters.